The summed E-state index contributed by atoms with van der Waals surface area (Å²) in [5, 5.41) is 14.5. The molecule has 150 heavy (non-hydrogen) atoms. The Bertz CT molecular complexity index is 10400. The first-order chi connectivity index (χ1) is 74.4. The minimum Gasteiger partial charge on any atom is -0.309 e. The minimum absolute atomic E-state index is 0.957. The third-order valence-corrected chi connectivity index (χ3v) is 29.9. The minimum atomic E-state index is 0.957. The highest BCUT2D eigenvalue weighted by atomic mass is 15.1. The van der Waals surface area contributed by atoms with Gasteiger partial charge in [-0.05, 0) is 282 Å². The second-order valence-corrected chi connectivity index (χ2v) is 38.6. The monoisotopic (exact) mass is 1910 g/mol. The van der Waals surface area contributed by atoms with Gasteiger partial charge in [0.2, 0.25) is 0 Å². The number of nitrogens with zero attached hydrogens (tertiary/aromatic N) is 9. The number of hydrogen-bond donors (Lipinski definition) is 0. The number of rotatable bonds is 15. The quantitative estimate of drug-likeness (QED) is 0.103. The normalized spacial score (nSPS) is 11.6. The van der Waals surface area contributed by atoms with Gasteiger partial charge in [0.1, 0.15) is 16.9 Å². The zero-order chi connectivity index (χ0) is 99.1. The average molecular weight is 1910 g/mol. The molecule has 9 aromatic heterocycles. The maximum Gasteiger partial charge on any atom is 0.145 e. The molecule has 0 aliphatic heterocycles. The van der Waals surface area contributed by atoms with Crippen LogP contribution in [0.1, 0.15) is 0 Å². The van der Waals surface area contributed by atoms with Crippen LogP contribution in [-0.4, -0.2) is 42.4 Å². The van der Waals surface area contributed by atoms with E-state index in [0.717, 1.165) is 83.8 Å². The van der Waals surface area contributed by atoms with Crippen molar-refractivity contribution in [1.82, 2.24) is 42.4 Å². The van der Waals surface area contributed by atoms with Gasteiger partial charge in [0, 0.05) is 117 Å². The molecule has 0 aliphatic rings. The zero-order valence-electron chi connectivity index (χ0n) is 81.7. The van der Waals surface area contributed by atoms with E-state index in [9.17, 15) is 0 Å². The molecule has 0 unspecified atom stereocenters. The van der Waals surface area contributed by atoms with E-state index in [4.69, 9.17) is 15.0 Å². The van der Waals surface area contributed by atoms with Gasteiger partial charge in [0.25, 0.3) is 0 Å². The molecule has 30 aromatic rings. The number of fused-ring (bicyclic) bond motifs is 18. The van der Waals surface area contributed by atoms with Crippen molar-refractivity contribution in [2.75, 3.05) is 0 Å². The van der Waals surface area contributed by atoms with E-state index >= 15 is 0 Å². The summed E-state index contributed by atoms with van der Waals surface area (Å²) in [6.45, 7) is 0. The van der Waals surface area contributed by atoms with Crippen LogP contribution in [0.2, 0.25) is 0 Å². The molecule has 0 saturated heterocycles. The molecule has 30 rings (SSSR count). The van der Waals surface area contributed by atoms with Crippen LogP contribution >= 0.6 is 0 Å². The Balaban J connectivity index is 0.000000108. The predicted molar refractivity (Wildman–Crippen MR) is 628 cm³/mol. The summed E-state index contributed by atoms with van der Waals surface area (Å²) < 4.78 is 14.1. The second-order valence-electron chi connectivity index (χ2n) is 38.6. The maximum atomic E-state index is 4.90. The van der Waals surface area contributed by atoms with Crippen LogP contribution in [0.15, 0.2) is 565 Å². The lowest BCUT2D eigenvalue weighted by atomic mass is 10.0. The molecule has 0 spiro atoms. The molecular formula is C141H93N9. The van der Waals surface area contributed by atoms with E-state index in [-0.39, 0.29) is 0 Å². The Morgan fingerprint density at radius 3 is 0.593 bits per heavy atom. The Hall–Kier alpha value is -20.1. The van der Waals surface area contributed by atoms with E-state index in [0.29, 0.717) is 0 Å². The van der Waals surface area contributed by atoms with Crippen molar-refractivity contribution in [2.24, 2.45) is 0 Å². The summed E-state index contributed by atoms with van der Waals surface area (Å²) >= 11 is 0. The molecule has 0 aliphatic carbocycles. The lowest BCUT2D eigenvalue weighted by Gasteiger charge is -2.12. The van der Waals surface area contributed by atoms with Gasteiger partial charge in [-0.15, -0.1) is 0 Å². The molecule has 0 atom stereocenters. The molecule has 0 amide bonds. The number of pyridine rings is 3. The molecule has 0 saturated carbocycles. The fraction of sp³-hybridized carbons (Fsp3) is 0. The SMILES string of the molecule is c1ccc(-c2ccc(-n3c4ccc(-c5ccc6c7ccccc7n(-c7cccc(-c8ccccc8)c7)c6c5)cc4c4cccnc43)cc2)cc1.c1ccc(-c2ccc(-n3c4ccccc4c4ccc(-c5ccc6c(c5)c5cccnc5n6-c5ccc(-c6ccccc6)cc5)cc43)cc2)cc1.c1ccc(-c2cccc(-n3c4ccccc4c4ccc(-c5ccc6c(c5)c5cccnc5n6-c5cccc(-c6ccccc6)c5)cc43)c2)cc1. The van der Waals surface area contributed by atoms with Gasteiger partial charge in [0.15, 0.2) is 0 Å². The number of aromatic nitrogens is 9. The highest BCUT2D eigenvalue weighted by Crippen LogP contribution is 2.46. The van der Waals surface area contributed by atoms with Crippen molar-refractivity contribution in [3.8, 4) is 134 Å². The van der Waals surface area contributed by atoms with Crippen molar-refractivity contribution >= 4 is 131 Å². The molecule has 0 bridgehead atoms. The third kappa shape index (κ3) is 15.5. The lowest BCUT2D eigenvalue weighted by Crippen LogP contribution is -1.96. The molecule has 9 nitrogen and oxygen atoms in total. The van der Waals surface area contributed by atoms with E-state index in [1.165, 1.54) is 182 Å². The maximum absolute atomic E-state index is 4.90. The van der Waals surface area contributed by atoms with Gasteiger partial charge in [0.05, 0.1) is 49.7 Å². The first kappa shape index (κ1) is 87.6. The molecule has 9 heterocycles. The predicted octanol–water partition coefficient (Wildman–Crippen LogP) is 36.8. The Labute approximate surface area is 866 Å². The summed E-state index contributed by atoms with van der Waals surface area (Å²) in [5.41, 5.74) is 41.8. The number of benzene rings is 21. The van der Waals surface area contributed by atoms with Gasteiger partial charge >= 0.3 is 0 Å². The topological polar surface area (TPSA) is 68.2 Å². The van der Waals surface area contributed by atoms with E-state index in [1.54, 1.807) is 0 Å². The van der Waals surface area contributed by atoms with E-state index in [2.05, 4.69) is 555 Å². The fourth-order valence-electron chi connectivity index (χ4n) is 22.8. The van der Waals surface area contributed by atoms with Crippen LogP contribution in [-0.2, 0) is 0 Å². The molecule has 21 aromatic carbocycles. The van der Waals surface area contributed by atoms with Crippen LogP contribution in [0.4, 0.5) is 0 Å². The fourth-order valence-corrected chi connectivity index (χ4v) is 22.8. The van der Waals surface area contributed by atoms with E-state index in [1.807, 2.05) is 36.8 Å². The van der Waals surface area contributed by atoms with Crippen LogP contribution < -0.4 is 0 Å². The molecule has 0 fully saturated rings. The van der Waals surface area contributed by atoms with Crippen LogP contribution in [0.25, 0.3) is 265 Å². The largest absolute Gasteiger partial charge is 0.309 e. The standard InChI is InChI=1S/3C47H31N3/c1-3-12-32(13-4-1)34-16-9-18-38(28-34)49-44-22-8-7-20-40(44)41-25-23-37(31-46(41)49)36-24-26-45-43(30-36)42-21-11-27-48-47(42)50(45)39-19-10-17-35(29-39)33-14-5-2-6-15-33;1-3-11-32(12-4-1)34-20-24-38(25-21-34)50-45-27-23-36(30-43(45)42-18-10-28-48-47(42)50)37-22-26-41-40-17-7-8-19-44(40)49(46(41)31-37)39-16-9-15-35(29-39)33-13-5-2-6-14-33;1-3-10-32(11-4-1)34-17-23-38(24-18-34)49-44-16-8-7-14-40(44)41-27-21-37(31-46(41)49)36-22-28-45-43(30-36)42-15-9-29-48-47(42)50(45)39-25-19-35(20-26-39)33-12-5-2-6-13-33/h3*1-31H. The number of hydrogen-bond acceptors (Lipinski definition) is 3. The van der Waals surface area contributed by atoms with Crippen LogP contribution in [0.5, 0.6) is 0 Å². The first-order valence-electron chi connectivity index (χ1n) is 51.1. The zero-order valence-corrected chi connectivity index (χ0v) is 81.7. The summed E-state index contributed by atoms with van der Waals surface area (Å²) in [7, 11) is 0. The molecule has 0 radical (unpaired) electrons. The van der Waals surface area contributed by atoms with Gasteiger partial charge < -0.3 is 13.7 Å². The third-order valence-electron chi connectivity index (χ3n) is 29.9. The molecular weight excluding hydrogens is 1820 g/mol. The summed E-state index contributed by atoms with van der Waals surface area (Å²) in [5.74, 6) is 0. The molecule has 702 valence electrons. The van der Waals surface area contributed by atoms with Gasteiger partial charge in [-0.25, -0.2) is 15.0 Å². The summed E-state index contributed by atoms with van der Waals surface area (Å²) in [6.07, 6.45) is 5.66. The highest BCUT2D eigenvalue weighted by molar-refractivity contribution is 6.17. The molecule has 9 heteroatoms. The van der Waals surface area contributed by atoms with Crippen molar-refractivity contribution < 1.29 is 0 Å². The first-order valence-corrected chi connectivity index (χ1v) is 51.1. The Morgan fingerprint density at radius 1 is 0.100 bits per heavy atom. The second kappa shape index (κ2) is 37.2. The average Bonchev–Trinajstić information content (AvgIpc) is 1.59. The summed E-state index contributed by atoms with van der Waals surface area (Å²) in [6, 6.07) is 196. The number of para-hydroxylation sites is 3. The van der Waals surface area contributed by atoms with Gasteiger partial charge in [-0.3, -0.25) is 13.7 Å². The van der Waals surface area contributed by atoms with Crippen molar-refractivity contribution in [2.45, 2.75) is 0 Å². The Kier molecular flexibility index (Phi) is 21.8. The highest BCUT2D eigenvalue weighted by Gasteiger charge is 2.25. The smallest absolute Gasteiger partial charge is 0.145 e. The van der Waals surface area contributed by atoms with Crippen molar-refractivity contribution in [1.29, 1.82) is 0 Å². The van der Waals surface area contributed by atoms with Crippen molar-refractivity contribution in [3.05, 3.63) is 565 Å². The lowest BCUT2D eigenvalue weighted by molar-refractivity contribution is 1.14. The Morgan fingerprint density at radius 2 is 0.293 bits per heavy atom. The van der Waals surface area contributed by atoms with Crippen LogP contribution in [0.3, 0.4) is 0 Å². The van der Waals surface area contributed by atoms with Crippen LogP contribution in [0, 0.1) is 0 Å². The summed E-state index contributed by atoms with van der Waals surface area (Å²) in [4.78, 5) is 14.6. The molecule has 0 N–H and O–H groups in total. The van der Waals surface area contributed by atoms with Gasteiger partial charge in [-0.2, -0.15) is 0 Å². The van der Waals surface area contributed by atoms with Gasteiger partial charge in [-0.1, -0.05) is 364 Å². The van der Waals surface area contributed by atoms with E-state index < -0.39 is 0 Å². The van der Waals surface area contributed by atoms with Crippen molar-refractivity contribution in [3.63, 3.8) is 0 Å².